The molecule has 0 spiro atoms. The predicted octanol–water partition coefficient (Wildman–Crippen LogP) is 2.11. The summed E-state index contributed by atoms with van der Waals surface area (Å²) in [5.41, 5.74) is 13.1. The Kier molecular flexibility index (Phi) is 4.06. The molecule has 2 aromatic rings. The number of nitrogens with two attached hydrogens (primary N) is 2. The first-order chi connectivity index (χ1) is 9.08. The van der Waals surface area contributed by atoms with E-state index in [0.717, 1.165) is 18.7 Å². The first-order valence-electron chi connectivity index (χ1n) is 6.01. The Balaban J connectivity index is 2.06. The Morgan fingerprint density at radius 2 is 2.16 bits per heavy atom. The van der Waals surface area contributed by atoms with Gasteiger partial charge in [-0.15, -0.1) is 11.3 Å². The van der Waals surface area contributed by atoms with Gasteiger partial charge in [-0.2, -0.15) is 0 Å². The van der Waals surface area contributed by atoms with Gasteiger partial charge in [0.05, 0.1) is 11.4 Å². The van der Waals surface area contributed by atoms with Gasteiger partial charge in [-0.25, -0.2) is 0 Å². The molecule has 0 aliphatic heterocycles. The van der Waals surface area contributed by atoms with Gasteiger partial charge < -0.3 is 16.4 Å². The number of carbonyl (C=O) groups excluding carboxylic acids is 1. The molecule has 0 unspecified atom stereocenters. The van der Waals surface area contributed by atoms with Gasteiger partial charge in [0.25, 0.3) is 0 Å². The number of amides is 1. The number of hydrogen-bond donors (Lipinski definition) is 2. The Bertz CT molecular complexity index is 566. The van der Waals surface area contributed by atoms with E-state index in [2.05, 4.69) is 22.4 Å². The average Bonchev–Trinajstić information content (AvgIpc) is 2.88. The highest BCUT2D eigenvalue weighted by atomic mass is 32.1. The summed E-state index contributed by atoms with van der Waals surface area (Å²) in [4.78, 5) is 14.5. The average molecular weight is 275 g/mol. The summed E-state index contributed by atoms with van der Waals surface area (Å²) >= 11 is 1.75. The van der Waals surface area contributed by atoms with E-state index in [1.54, 1.807) is 23.5 Å². The van der Waals surface area contributed by atoms with Gasteiger partial charge in [-0.1, -0.05) is 6.07 Å². The number of rotatable bonds is 5. The lowest BCUT2D eigenvalue weighted by atomic mass is 10.1. The molecule has 4 nitrogen and oxygen atoms in total. The van der Waals surface area contributed by atoms with Gasteiger partial charge in [0.2, 0.25) is 5.91 Å². The topological polar surface area (TPSA) is 72.3 Å². The van der Waals surface area contributed by atoms with Crippen molar-refractivity contribution in [3.8, 4) is 0 Å². The second kappa shape index (κ2) is 5.75. The number of hydrogen-bond acceptors (Lipinski definition) is 4. The largest absolute Gasteiger partial charge is 0.397 e. The summed E-state index contributed by atoms with van der Waals surface area (Å²) in [6.45, 7) is 0.876. The number of likely N-dealkylation sites (N-methyl/N-ethyl adjacent to an activating group) is 1. The van der Waals surface area contributed by atoms with E-state index in [9.17, 15) is 4.79 Å². The monoisotopic (exact) mass is 275 g/mol. The van der Waals surface area contributed by atoms with Crippen LogP contribution < -0.4 is 16.4 Å². The second-order valence-electron chi connectivity index (χ2n) is 4.39. The Hall–Kier alpha value is -2.01. The molecule has 0 bridgehead atoms. The number of benzene rings is 1. The molecule has 1 aromatic heterocycles. The standard InChI is InChI=1S/C14H17N3OS/c1-17(7-6-11-3-2-8-19-11)13-5-4-10(14(16)18)9-12(13)15/h2-5,8-9H,6-7,15H2,1H3,(H2,16,18). The van der Waals surface area contributed by atoms with Crippen molar-refractivity contribution in [1.29, 1.82) is 0 Å². The van der Waals surface area contributed by atoms with Crippen LogP contribution in [0.25, 0.3) is 0 Å². The molecule has 5 heteroatoms. The van der Waals surface area contributed by atoms with Crippen molar-refractivity contribution in [3.63, 3.8) is 0 Å². The number of primary amides is 1. The van der Waals surface area contributed by atoms with Crippen molar-refractivity contribution < 1.29 is 4.79 Å². The Morgan fingerprint density at radius 3 is 2.74 bits per heavy atom. The van der Waals surface area contributed by atoms with Gasteiger partial charge in [-0.05, 0) is 36.1 Å². The van der Waals surface area contributed by atoms with Crippen molar-refractivity contribution in [2.75, 3.05) is 24.2 Å². The fourth-order valence-electron chi connectivity index (χ4n) is 1.91. The van der Waals surface area contributed by atoms with Crippen LogP contribution in [0, 0.1) is 0 Å². The van der Waals surface area contributed by atoms with Crippen molar-refractivity contribution in [1.82, 2.24) is 0 Å². The molecule has 0 radical (unpaired) electrons. The zero-order valence-electron chi connectivity index (χ0n) is 10.8. The zero-order chi connectivity index (χ0) is 13.8. The smallest absolute Gasteiger partial charge is 0.248 e. The van der Waals surface area contributed by atoms with Crippen molar-refractivity contribution >= 4 is 28.6 Å². The number of thiophene rings is 1. The highest BCUT2D eigenvalue weighted by Crippen LogP contribution is 2.23. The molecular formula is C14H17N3OS. The normalized spacial score (nSPS) is 10.4. The lowest BCUT2D eigenvalue weighted by Gasteiger charge is -2.21. The first kappa shape index (κ1) is 13.4. The summed E-state index contributed by atoms with van der Waals surface area (Å²) in [5, 5.41) is 2.07. The number of carbonyl (C=O) groups is 1. The van der Waals surface area contributed by atoms with Crippen LogP contribution >= 0.6 is 11.3 Å². The molecule has 1 aromatic carbocycles. The van der Waals surface area contributed by atoms with Crippen LogP contribution in [0.5, 0.6) is 0 Å². The highest BCUT2D eigenvalue weighted by molar-refractivity contribution is 7.09. The van der Waals surface area contributed by atoms with Crippen molar-refractivity contribution in [2.45, 2.75) is 6.42 Å². The third-order valence-corrected chi connectivity index (χ3v) is 3.93. The number of nitrogens with zero attached hydrogens (tertiary/aromatic N) is 1. The molecule has 0 aliphatic carbocycles. The van der Waals surface area contributed by atoms with Crippen LogP contribution in [0.4, 0.5) is 11.4 Å². The first-order valence-corrected chi connectivity index (χ1v) is 6.88. The molecule has 1 amide bonds. The molecular weight excluding hydrogens is 258 g/mol. The second-order valence-corrected chi connectivity index (χ2v) is 5.42. The summed E-state index contributed by atoms with van der Waals surface area (Å²) in [5.74, 6) is -0.459. The summed E-state index contributed by atoms with van der Waals surface area (Å²) in [7, 11) is 1.99. The van der Waals surface area contributed by atoms with E-state index in [4.69, 9.17) is 11.5 Å². The Morgan fingerprint density at radius 1 is 1.37 bits per heavy atom. The predicted molar refractivity (Wildman–Crippen MR) is 80.7 cm³/mol. The van der Waals surface area contributed by atoms with Gasteiger partial charge >= 0.3 is 0 Å². The van der Waals surface area contributed by atoms with E-state index in [1.165, 1.54) is 4.88 Å². The fourth-order valence-corrected chi connectivity index (χ4v) is 2.61. The third kappa shape index (κ3) is 3.26. The fraction of sp³-hybridized carbons (Fsp3) is 0.214. The minimum atomic E-state index is -0.459. The quantitative estimate of drug-likeness (QED) is 0.821. The van der Waals surface area contributed by atoms with Gasteiger partial charge in [0.1, 0.15) is 0 Å². The molecule has 0 fully saturated rings. The summed E-state index contributed by atoms with van der Waals surface area (Å²) in [6, 6.07) is 9.34. The minimum Gasteiger partial charge on any atom is -0.397 e. The molecule has 100 valence electrons. The molecule has 1 heterocycles. The van der Waals surface area contributed by atoms with E-state index in [-0.39, 0.29) is 0 Å². The Labute approximate surface area is 116 Å². The van der Waals surface area contributed by atoms with E-state index < -0.39 is 5.91 Å². The SMILES string of the molecule is CN(CCc1cccs1)c1ccc(C(N)=O)cc1N. The lowest BCUT2D eigenvalue weighted by molar-refractivity contribution is 0.100. The summed E-state index contributed by atoms with van der Waals surface area (Å²) in [6.07, 6.45) is 0.977. The van der Waals surface area contributed by atoms with Gasteiger partial charge in [0, 0.05) is 24.0 Å². The lowest BCUT2D eigenvalue weighted by Crippen LogP contribution is -2.21. The van der Waals surface area contributed by atoms with Crippen LogP contribution in [0.3, 0.4) is 0 Å². The van der Waals surface area contributed by atoms with Gasteiger partial charge in [0.15, 0.2) is 0 Å². The molecule has 0 atom stereocenters. The molecule has 0 saturated heterocycles. The van der Waals surface area contributed by atoms with E-state index in [0.29, 0.717) is 11.3 Å². The molecule has 2 rings (SSSR count). The number of anilines is 2. The minimum absolute atomic E-state index is 0.438. The van der Waals surface area contributed by atoms with E-state index in [1.807, 2.05) is 13.1 Å². The van der Waals surface area contributed by atoms with Gasteiger partial charge in [-0.3, -0.25) is 4.79 Å². The maximum atomic E-state index is 11.1. The zero-order valence-corrected chi connectivity index (χ0v) is 11.6. The maximum Gasteiger partial charge on any atom is 0.248 e. The molecule has 4 N–H and O–H groups in total. The van der Waals surface area contributed by atoms with Crippen molar-refractivity contribution in [3.05, 3.63) is 46.2 Å². The highest BCUT2D eigenvalue weighted by Gasteiger charge is 2.08. The van der Waals surface area contributed by atoms with Crippen LogP contribution in [-0.4, -0.2) is 19.5 Å². The van der Waals surface area contributed by atoms with Crippen LogP contribution in [0.2, 0.25) is 0 Å². The van der Waals surface area contributed by atoms with Crippen LogP contribution in [0.1, 0.15) is 15.2 Å². The van der Waals surface area contributed by atoms with Crippen LogP contribution in [-0.2, 0) is 6.42 Å². The molecule has 19 heavy (non-hydrogen) atoms. The maximum absolute atomic E-state index is 11.1. The number of nitrogen functional groups attached to an aromatic ring is 1. The van der Waals surface area contributed by atoms with Crippen molar-refractivity contribution in [2.24, 2.45) is 5.73 Å². The molecule has 0 saturated carbocycles. The van der Waals surface area contributed by atoms with Crippen LogP contribution in [0.15, 0.2) is 35.7 Å². The molecule has 0 aliphatic rings. The third-order valence-electron chi connectivity index (χ3n) is 3.00. The summed E-state index contributed by atoms with van der Waals surface area (Å²) < 4.78 is 0. The van der Waals surface area contributed by atoms with E-state index >= 15 is 0 Å².